The standard InChI is InChI=1S/C2H8NO4P.Na/c3-1-2-7-8(4,5)6;/h1-3H2,(H2,4,5,6);/q;+1. The largest absolute Gasteiger partial charge is 1.00 e. The molecule has 0 aromatic rings. The molecular formula is C2H8NNaO4P+. The van der Waals surface area contributed by atoms with Gasteiger partial charge in [0.1, 0.15) is 0 Å². The maximum absolute atomic E-state index is 9.81. The van der Waals surface area contributed by atoms with E-state index in [1.807, 2.05) is 0 Å². The second-order valence-electron chi connectivity index (χ2n) is 1.11. The Labute approximate surface area is 75.1 Å². The number of rotatable bonds is 3. The first-order chi connectivity index (χ1) is 3.56. The average Bonchev–Trinajstić information content (AvgIpc) is 1.59. The Morgan fingerprint density at radius 2 is 2.00 bits per heavy atom. The Kier molecular flexibility index (Phi) is 8.23. The molecular weight excluding hydrogens is 156 g/mol. The van der Waals surface area contributed by atoms with Crippen molar-refractivity contribution in [1.82, 2.24) is 0 Å². The second-order valence-corrected chi connectivity index (χ2v) is 2.35. The molecule has 0 aliphatic heterocycles. The fourth-order valence-corrected chi connectivity index (χ4v) is 0.515. The van der Waals surface area contributed by atoms with E-state index in [0.29, 0.717) is 0 Å². The molecule has 0 atom stereocenters. The Bertz CT molecular complexity index is 103. The van der Waals surface area contributed by atoms with Crippen LogP contribution >= 0.6 is 7.82 Å². The van der Waals surface area contributed by atoms with Crippen molar-refractivity contribution in [3.63, 3.8) is 0 Å². The summed E-state index contributed by atoms with van der Waals surface area (Å²) in [5.74, 6) is 0. The number of nitrogens with two attached hydrogens (primary N) is 1. The van der Waals surface area contributed by atoms with Gasteiger partial charge in [0.05, 0.1) is 6.61 Å². The van der Waals surface area contributed by atoms with Crippen LogP contribution in [0, 0.1) is 0 Å². The molecule has 0 aliphatic carbocycles. The molecule has 0 unspecified atom stereocenters. The molecule has 0 aliphatic rings. The summed E-state index contributed by atoms with van der Waals surface area (Å²) in [7, 11) is -4.26. The van der Waals surface area contributed by atoms with Crippen molar-refractivity contribution >= 4 is 7.82 Å². The zero-order valence-corrected chi connectivity index (χ0v) is 8.04. The minimum absolute atomic E-state index is 0. The van der Waals surface area contributed by atoms with Gasteiger partial charge < -0.3 is 15.5 Å². The van der Waals surface area contributed by atoms with Crippen LogP contribution in [0.1, 0.15) is 0 Å². The normalized spacial score (nSPS) is 10.6. The molecule has 50 valence electrons. The van der Waals surface area contributed by atoms with Crippen LogP contribution in [0.15, 0.2) is 0 Å². The van der Waals surface area contributed by atoms with E-state index in [0.717, 1.165) is 0 Å². The quantitative estimate of drug-likeness (QED) is 0.292. The third kappa shape index (κ3) is 12.3. The zero-order chi connectivity index (χ0) is 6.62. The molecule has 0 aromatic carbocycles. The van der Waals surface area contributed by atoms with Crippen molar-refractivity contribution in [2.75, 3.05) is 13.2 Å². The second kappa shape index (κ2) is 5.82. The van der Waals surface area contributed by atoms with Gasteiger partial charge in [0, 0.05) is 6.54 Å². The molecule has 0 aromatic heterocycles. The molecule has 7 heteroatoms. The smallest absolute Gasteiger partial charge is 0.328 e. The molecule has 0 heterocycles. The van der Waals surface area contributed by atoms with Gasteiger partial charge in [0.15, 0.2) is 0 Å². The summed E-state index contributed by atoms with van der Waals surface area (Å²) in [6.45, 7) is 0.00931. The van der Waals surface area contributed by atoms with Crippen LogP contribution < -0.4 is 35.3 Å². The van der Waals surface area contributed by atoms with Crippen LogP contribution in [0.2, 0.25) is 0 Å². The Morgan fingerprint density at radius 3 is 2.11 bits per heavy atom. The van der Waals surface area contributed by atoms with Gasteiger partial charge in [-0.15, -0.1) is 0 Å². The summed E-state index contributed by atoms with van der Waals surface area (Å²) < 4.78 is 13.7. The topological polar surface area (TPSA) is 92.8 Å². The first kappa shape index (κ1) is 12.7. The number of hydrogen-bond donors (Lipinski definition) is 3. The molecule has 0 saturated heterocycles. The molecule has 4 N–H and O–H groups in total. The van der Waals surface area contributed by atoms with Crippen molar-refractivity contribution in [1.29, 1.82) is 0 Å². The SMILES string of the molecule is NCCOP(=O)(O)O.[Na+]. The molecule has 0 bridgehead atoms. The van der Waals surface area contributed by atoms with Gasteiger partial charge in [0.2, 0.25) is 0 Å². The van der Waals surface area contributed by atoms with Gasteiger partial charge in [-0.2, -0.15) is 0 Å². The summed E-state index contributed by atoms with van der Waals surface area (Å²) in [4.78, 5) is 16.0. The van der Waals surface area contributed by atoms with E-state index in [9.17, 15) is 4.57 Å². The number of phosphoric acid groups is 1. The third-order valence-electron chi connectivity index (χ3n) is 0.377. The van der Waals surface area contributed by atoms with E-state index in [4.69, 9.17) is 15.5 Å². The minimum Gasteiger partial charge on any atom is -0.328 e. The molecule has 9 heavy (non-hydrogen) atoms. The average molecular weight is 164 g/mol. The van der Waals surface area contributed by atoms with Gasteiger partial charge in [-0.1, -0.05) is 0 Å². The summed E-state index contributed by atoms with van der Waals surface area (Å²) in [5.41, 5.74) is 4.87. The van der Waals surface area contributed by atoms with Gasteiger partial charge in [0.25, 0.3) is 0 Å². The molecule has 0 rings (SSSR count). The van der Waals surface area contributed by atoms with Crippen LogP contribution in [0.25, 0.3) is 0 Å². The fourth-order valence-electron chi connectivity index (χ4n) is 0.172. The predicted molar refractivity (Wildman–Crippen MR) is 27.1 cm³/mol. The molecule has 0 fully saturated rings. The minimum atomic E-state index is -4.26. The van der Waals surface area contributed by atoms with Crippen molar-refractivity contribution in [3.8, 4) is 0 Å². The van der Waals surface area contributed by atoms with Crippen molar-refractivity contribution in [3.05, 3.63) is 0 Å². The van der Waals surface area contributed by atoms with Crippen LogP contribution in [-0.2, 0) is 9.09 Å². The fraction of sp³-hybridized carbons (Fsp3) is 1.00. The molecule has 0 amide bonds. The summed E-state index contributed by atoms with van der Waals surface area (Å²) in [5, 5.41) is 0. The zero-order valence-electron chi connectivity index (χ0n) is 5.15. The Hall–Kier alpha value is 1.07. The first-order valence-corrected chi connectivity index (χ1v) is 3.49. The number of hydrogen-bond acceptors (Lipinski definition) is 3. The van der Waals surface area contributed by atoms with Gasteiger partial charge in [-0.25, -0.2) is 4.57 Å². The van der Waals surface area contributed by atoms with Crippen LogP contribution in [0.4, 0.5) is 0 Å². The Balaban J connectivity index is 0. The van der Waals surface area contributed by atoms with E-state index >= 15 is 0 Å². The van der Waals surface area contributed by atoms with E-state index in [-0.39, 0.29) is 42.7 Å². The van der Waals surface area contributed by atoms with Crippen molar-refractivity contribution in [2.45, 2.75) is 0 Å². The van der Waals surface area contributed by atoms with E-state index in [1.54, 1.807) is 0 Å². The monoisotopic (exact) mass is 164 g/mol. The third-order valence-corrected chi connectivity index (χ3v) is 0.896. The van der Waals surface area contributed by atoms with Crippen molar-refractivity contribution < 1.29 is 48.4 Å². The predicted octanol–water partition coefficient (Wildman–Crippen LogP) is -3.94. The van der Waals surface area contributed by atoms with Crippen LogP contribution in [0.3, 0.4) is 0 Å². The van der Waals surface area contributed by atoms with E-state index in [1.165, 1.54) is 0 Å². The number of phosphoric ester groups is 1. The summed E-state index contributed by atoms with van der Waals surface area (Å²) in [6.07, 6.45) is 0. The Morgan fingerprint density at radius 1 is 1.56 bits per heavy atom. The molecule has 0 radical (unpaired) electrons. The summed E-state index contributed by atoms with van der Waals surface area (Å²) >= 11 is 0. The van der Waals surface area contributed by atoms with Crippen LogP contribution in [-0.4, -0.2) is 22.9 Å². The molecule has 0 spiro atoms. The van der Waals surface area contributed by atoms with E-state index < -0.39 is 7.82 Å². The van der Waals surface area contributed by atoms with Gasteiger partial charge in [-0.05, 0) is 0 Å². The maximum Gasteiger partial charge on any atom is 1.00 e. The van der Waals surface area contributed by atoms with Crippen molar-refractivity contribution in [2.24, 2.45) is 5.73 Å². The van der Waals surface area contributed by atoms with Gasteiger partial charge in [-0.3, -0.25) is 4.52 Å². The maximum atomic E-state index is 9.81. The molecule has 5 nitrogen and oxygen atoms in total. The van der Waals surface area contributed by atoms with Gasteiger partial charge >= 0.3 is 37.4 Å². The summed E-state index contributed by atoms with van der Waals surface area (Å²) in [6, 6.07) is 0. The first-order valence-electron chi connectivity index (χ1n) is 1.96. The van der Waals surface area contributed by atoms with E-state index in [2.05, 4.69) is 4.52 Å². The molecule has 0 saturated carbocycles. The van der Waals surface area contributed by atoms with Crippen LogP contribution in [0.5, 0.6) is 0 Å².